The zero-order valence-electron chi connectivity index (χ0n) is 13.6. The third kappa shape index (κ3) is 8.42. The van der Waals surface area contributed by atoms with Gasteiger partial charge in [0.05, 0.1) is 24.8 Å². The molecule has 0 unspecified atom stereocenters. The van der Waals surface area contributed by atoms with E-state index in [-0.39, 0.29) is 17.0 Å². The molecule has 0 radical (unpaired) electrons. The van der Waals surface area contributed by atoms with Gasteiger partial charge in [0.15, 0.2) is 0 Å². The Hall–Kier alpha value is 0.130. The van der Waals surface area contributed by atoms with Crippen molar-refractivity contribution in [1.29, 1.82) is 0 Å². The van der Waals surface area contributed by atoms with Crippen molar-refractivity contribution in [3.8, 4) is 0 Å². The van der Waals surface area contributed by atoms with Crippen LogP contribution in [0.1, 0.15) is 58.3 Å². The average Bonchev–Trinajstić information content (AvgIpc) is 2.43. The van der Waals surface area contributed by atoms with Crippen molar-refractivity contribution in [3.05, 3.63) is 30.3 Å². The van der Waals surface area contributed by atoms with E-state index >= 15 is 0 Å². The first-order valence-corrected chi connectivity index (χ1v) is 10.9. The van der Waals surface area contributed by atoms with E-state index < -0.39 is 7.26 Å². The first-order valence-electron chi connectivity index (χ1n) is 8.05. The van der Waals surface area contributed by atoms with Gasteiger partial charge in [-0.15, -0.1) is 0 Å². The van der Waals surface area contributed by atoms with Crippen molar-refractivity contribution in [3.63, 3.8) is 0 Å². The summed E-state index contributed by atoms with van der Waals surface area (Å²) in [7, 11) is -0.861. The van der Waals surface area contributed by atoms with E-state index in [1.807, 2.05) is 0 Å². The van der Waals surface area contributed by atoms with Gasteiger partial charge in [0, 0.05) is 7.26 Å². The lowest BCUT2D eigenvalue weighted by molar-refractivity contribution is -0.00000424. The molecule has 0 aromatic heterocycles. The number of unbranched alkanes of at least 4 members (excludes halogenated alkanes) is 7. The van der Waals surface area contributed by atoms with Gasteiger partial charge in [-0.2, -0.15) is 0 Å². The molecule has 0 amide bonds. The maximum atomic E-state index is 2.49. The van der Waals surface area contributed by atoms with Crippen molar-refractivity contribution < 1.29 is 17.0 Å². The van der Waals surface area contributed by atoms with Crippen LogP contribution in [0, 0.1) is 0 Å². The van der Waals surface area contributed by atoms with E-state index in [4.69, 9.17) is 0 Å². The Labute approximate surface area is 137 Å². The minimum atomic E-state index is -0.861. The SMILES string of the molecule is CCCCCCCCCC[P+](C)(C)c1ccccc1.[Br-]. The van der Waals surface area contributed by atoms with Crippen LogP contribution in [-0.4, -0.2) is 19.5 Å². The second kappa shape index (κ2) is 11.8. The molecule has 0 saturated heterocycles. The molecule has 1 rings (SSSR count). The van der Waals surface area contributed by atoms with Gasteiger partial charge in [0.1, 0.15) is 0 Å². The molecule has 0 atom stereocenters. The Bertz CT molecular complexity index is 321. The lowest BCUT2D eigenvalue weighted by Gasteiger charge is -2.17. The fourth-order valence-electron chi connectivity index (χ4n) is 2.60. The fraction of sp³-hybridized carbons (Fsp3) is 0.667. The smallest absolute Gasteiger partial charge is 0.0933 e. The molecule has 0 heterocycles. The Morgan fingerprint density at radius 3 is 1.80 bits per heavy atom. The van der Waals surface area contributed by atoms with Crippen molar-refractivity contribution in [2.24, 2.45) is 0 Å². The largest absolute Gasteiger partial charge is 1.00 e. The van der Waals surface area contributed by atoms with E-state index in [9.17, 15) is 0 Å². The van der Waals surface area contributed by atoms with Crippen LogP contribution in [0.4, 0.5) is 0 Å². The molecular weight excluding hydrogens is 327 g/mol. The highest BCUT2D eigenvalue weighted by Gasteiger charge is 2.26. The zero-order chi connectivity index (χ0) is 14.0. The second-order valence-electron chi connectivity index (χ2n) is 6.22. The van der Waals surface area contributed by atoms with Crippen LogP contribution in [0.3, 0.4) is 0 Å². The van der Waals surface area contributed by atoms with Crippen LogP contribution < -0.4 is 22.3 Å². The van der Waals surface area contributed by atoms with Gasteiger partial charge >= 0.3 is 0 Å². The zero-order valence-corrected chi connectivity index (χ0v) is 16.1. The number of benzene rings is 1. The topological polar surface area (TPSA) is 0 Å². The lowest BCUT2D eigenvalue weighted by atomic mass is 10.1. The quantitative estimate of drug-likeness (QED) is 0.445. The van der Waals surface area contributed by atoms with Gasteiger partial charge in [0.2, 0.25) is 0 Å². The van der Waals surface area contributed by atoms with Crippen LogP contribution >= 0.6 is 7.26 Å². The standard InChI is InChI=1S/C18H32P.BrH/c1-4-5-6-7-8-9-10-14-17-19(2,3)18-15-12-11-13-16-18;/h11-13,15-16H,4-10,14,17H2,1-3H3;1H/q+1;/p-1. The summed E-state index contributed by atoms with van der Waals surface area (Å²) in [6, 6.07) is 11.1. The Morgan fingerprint density at radius 1 is 0.750 bits per heavy atom. The molecule has 0 aliphatic rings. The predicted molar refractivity (Wildman–Crippen MR) is 92.3 cm³/mol. The number of rotatable bonds is 10. The van der Waals surface area contributed by atoms with E-state index in [0.29, 0.717) is 0 Å². The average molecular weight is 359 g/mol. The molecule has 1 aromatic rings. The highest BCUT2D eigenvalue weighted by Crippen LogP contribution is 2.50. The maximum Gasteiger partial charge on any atom is 0.0933 e. The van der Waals surface area contributed by atoms with Gasteiger partial charge in [0.25, 0.3) is 0 Å². The molecule has 0 N–H and O–H groups in total. The molecule has 0 spiro atoms. The van der Waals surface area contributed by atoms with Gasteiger partial charge < -0.3 is 17.0 Å². The summed E-state index contributed by atoms with van der Waals surface area (Å²) in [4.78, 5) is 0. The molecule has 0 fully saturated rings. The molecule has 0 saturated carbocycles. The predicted octanol–water partition coefficient (Wildman–Crippen LogP) is 2.73. The number of hydrogen-bond donors (Lipinski definition) is 0. The first-order chi connectivity index (χ1) is 9.17. The van der Waals surface area contributed by atoms with Crippen LogP contribution in [0.2, 0.25) is 0 Å². The van der Waals surface area contributed by atoms with Crippen molar-refractivity contribution in [1.82, 2.24) is 0 Å². The van der Waals surface area contributed by atoms with Crippen molar-refractivity contribution in [2.45, 2.75) is 58.3 Å². The van der Waals surface area contributed by atoms with Crippen LogP contribution in [-0.2, 0) is 0 Å². The number of hydrogen-bond acceptors (Lipinski definition) is 0. The Kier molecular flexibility index (Phi) is 11.8. The summed E-state index contributed by atoms with van der Waals surface area (Å²) < 4.78 is 0. The van der Waals surface area contributed by atoms with Gasteiger partial charge in [-0.3, -0.25) is 0 Å². The molecule has 0 nitrogen and oxygen atoms in total. The van der Waals surface area contributed by atoms with Crippen LogP contribution in [0.15, 0.2) is 30.3 Å². The number of halogens is 1. The summed E-state index contributed by atoms with van der Waals surface area (Å²) >= 11 is 0. The molecule has 116 valence electrons. The lowest BCUT2D eigenvalue weighted by Crippen LogP contribution is -3.00. The highest BCUT2D eigenvalue weighted by molar-refractivity contribution is 7.81. The molecule has 0 aliphatic carbocycles. The molecule has 1 aromatic carbocycles. The normalized spacial score (nSPS) is 11.2. The molecule has 2 heteroatoms. The summed E-state index contributed by atoms with van der Waals surface area (Å²) in [6.07, 6.45) is 12.8. The minimum absolute atomic E-state index is 0. The summed E-state index contributed by atoms with van der Waals surface area (Å²) in [5, 5.41) is 1.60. The fourth-order valence-corrected chi connectivity index (χ4v) is 4.85. The van der Waals surface area contributed by atoms with Gasteiger partial charge in [-0.1, -0.05) is 63.6 Å². The second-order valence-corrected chi connectivity index (χ2v) is 10.6. The van der Waals surface area contributed by atoms with Gasteiger partial charge in [-0.25, -0.2) is 0 Å². The van der Waals surface area contributed by atoms with Crippen molar-refractivity contribution >= 4 is 12.6 Å². The molecule has 0 aliphatic heterocycles. The first kappa shape index (κ1) is 20.1. The monoisotopic (exact) mass is 358 g/mol. The van der Waals surface area contributed by atoms with E-state index in [1.165, 1.54) is 57.5 Å². The molecule has 0 bridgehead atoms. The minimum Gasteiger partial charge on any atom is -1.00 e. The maximum absolute atomic E-state index is 2.49. The van der Waals surface area contributed by atoms with Gasteiger partial charge in [-0.05, 0) is 25.0 Å². The summed E-state index contributed by atoms with van der Waals surface area (Å²) in [5.41, 5.74) is 0. The third-order valence-corrected chi connectivity index (χ3v) is 7.16. The van der Waals surface area contributed by atoms with Crippen LogP contribution in [0.5, 0.6) is 0 Å². The Balaban J connectivity index is 0.00000361. The third-order valence-electron chi connectivity index (χ3n) is 4.03. The van der Waals surface area contributed by atoms with Crippen molar-refractivity contribution in [2.75, 3.05) is 19.5 Å². The highest BCUT2D eigenvalue weighted by atomic mass is 79.9. The molecular formula is C18H32BrP. The van der Waals surface area contributed by atoms with E-state index in [1.54, 1.807) is 5.30 Å². The summed E-state index contributed by atoms with van der Waals surface area (Å²) in [6.45, 7) is 7.27. The summed E-state index contributed by atoms with van der Waals surface area (Å²) in [5.74, 6) is 0. The van der Waals surface area contributed by atoms with E-state index in [0.717, 1.165) is 0 Å². The van der Waals surface area contributed by atoms with Crippen LogP contribution in [0.25, 0.3) is 0 Å². The Morgan fingerprint density at radius 2 is 1.25 bits per heavy atom. The molecule has 20 heavy (non-hydrogen) atoms. The van der Waals surface area contributed by atoms with E-state index in [2.05, 4.69) is 50.6 Å².